The molecule has 0 unspecified atom stereocenters. The molecule has 1 amide bonds. The summed E-state index contributed by atoms with van der Waals surface area (Å²) in [5, 5.41) is 9.73. The highest BCUT2D eigenvalue weighted by molar-refractivity contribution is 6.12. The van der Waals surface area contributed by atoms with Crippen molar-refractivity contribution in [1.29, 1.82) is 0 Å². The molecule has 0 radical (unpaired) electrons. The Balaban J connectivity index is 1.74. The predicted octanol–water partition coefficient (Wildman–Crippen LogP) is 5.03. The summed E-state index contributed by atoms with van der Waals surface area (Å²) in [7, 11) is 1.61. The normalized spacial score (nSPS) is 12.5. The summed E-state index contributed by atoms with van der Waals surface area (Å²) < 4.78 is 43.9. The lowest BCUT2D eigenvalue weighted by molar-refractivity contribution is -0.137. The van der Waals surface area contributed by atoms with Gasteiger partial charge < -0.3 is 10.1 Å². The van der Waals surface area contributed by atoms with Crippen LogP contribution < -0.4 is 10.1 Å². The first kappa shape index (κ1) is 25.7. The highest BCUT2D eigenvalue weighted by Crippen LogP contribution is 2.30. The van der Waals surface area contributed by atoms with E-state index in [2.05, 4.69) is 25.5 Å². The molecule has 3 aromatic rings. The number of rotatable bonds is 8. The van der Waals surface area contributed by atoms with Gasteiger partial charge in [0.15, 0.2) is 5.84 Å². The van der Waals surface area contributed by atoms with Crippen molar-refractivity contribution in [2.45, 2.75) is 33.1 Å². The van der Waals surface area contributed by atoms with Gasteiger partial charge in [0.1, 0.15) is 12.4 Å². The van der Waals surface area contributed by atoms with Crippen molar-refractivity contribution < 1.29 is 22.7 Å². The number of amides is 1. The summed E-state index contributed by atoms with van der Waals surface area (Å²) in [5.41, 5.74) is 2.34. The van der Waals surface area contributed by atoms with E-state index in [9.17, 15) is 18.0 Å². The number of aliphatic imine (C=N–C) groups is 2. The third kappa shape index (κ3) is 6.78. The Labute approximate surface area is 201 Å². The Morgan fingerprint density at radius 2 is 1.86 bits per heavy atom. The molecule has 10 heteroatoms. The van der Waals surface area contributed by atoms with Crippen molar-refractivity contribution >= 4 is 17.5 Å². The fourth-order valence-electron chi connectivity index (χ4n) is 3.23. The first-order valence-electron chi connectivity index (χ1n) is 11.0. The summed E-state index contributed by atoms with van der Waals surface area (Å²) in [6.45, 7) is 4.41. The lowest BCUT2D eigenvalue weighted by Gasteiger charge is -2.10. The molecule has 35 heavy (non-hydrogen) atoms. The second kappa shape index (κ2) is 11.5. The van der Waals surface area contributed by atoms with E-state index in [-0.39, 0.29) is 12.5 Å². The SMILES string of the molecule is CCCNC(=O)c1cccc(C(=N/C)/N=C(\C)c2cn[nH]c2COc2ccc(C(F)(F)F)cc2)c1. The van der Waals surface area contributed by atoms with Gasteiger partial charge in [-0.2, -0.15) is 18.3 Å². The number of hydrogen-bond donors (Lipinski definition) is 2. The predicted molar refractivity (Wildman–Crippen MR) is 128 cm³/mol. The molecular weight excluding hydrogens is 459 g/mol. The highest BCUT2D eigenvalue weighted by atomic mass is 19.4. The molecule has 3 rings (SSSR count). The van der Waals surface area contributed by atoms with Gasteiger partial charge in [-0.1, -0.05) is 19.1 Å². The molecule has 0 saturated carbocycles. The molecule has 1 heterocycles. The Kier molecular flexibility index (Phi) is 8.40. The van der Waals surface area contributed by atoms with Gasteiger partial charge in [0.05, 0.1) is 23.2 Å². The number of H-pyrrole nitrogens is 1. The van der Waals surface area contributed by atoms with Gasteiger partial charge in [-0.25, -0.2) is 4.99 Å². The van der Waals surface area contributed by atoms with E-state index in [1.54, 1.807) is 38.4 Å². The molecule has 0 saturated heterocycles. The third-order valence-electron chi connectivity index (χ3n) is 5.08. The number of halogens is 3. The van der Waals surface area contributed by atoms with E-state index < -0.39 is 11.7 Å². The maximum absolute atomic E-state index is 12.7. The maximum atomic E-state index is 12.7. The molecule has 0 spiro atoms. The van der Waals surface area contributed by atoms with Crippen molar-refractivity contribution in [2.24, 2.45) is 9.98 Å². The van der Waals surface area contributed by atoms with Gasteiger partial charge in [0.25, 0.3) is 5.91 Å². The molecular formula is C25H26F3N5O2. The van der Waals surface area contributed by atoms with Gasteiger partial charge in [-0.3, -0.25) is 14.9 Å². The number of aromatic amines is 1. The average molecular weight is 486 g/mol. The van der Waals surface area contributed by atoms with Gasteiger partial charge in [-0.15, -0.1) is 0 Å². The topological polar surface area (TPSA) is 91.7 Å². The van der Waals surface area contributed by atoms with Crippen LogP contribution in [0.1, 0.15) is 53.0 Å². The molecule has 2 aromatic carbocycles. The first-order chi connectivity index (χ1) is 16.7. The number of benzene rings is 2. The van der Waals surface area contributed by atoms with Crippen LogP contribution in [0.5, 0.6) is 5.75 Å². The number of aromatic nitrogens is 2. The van der Waals surface area contributed by atoms with Crippen LogP contribution in [-0.2, 0) is 12.8 Å². The van der Waals surface area contributed by atoms with Crippen LogP contribution in [0.15, 0.2) is 64.7 Å². The Morgan fingerprint density at radius 1 is 1.14 bits per heavy atom. The zero-order valence-electron chi connectivity index (χ0n) is 19.6. The van der Waals surface area contributed by atoms with Crippen molar-refractivity contribution in [3.63, 3.8) is 0 Å². The second-order valence-electron chi connectivity index (χ2n) is 7.65. The fraction of sp³-hybridized carbons (Fsp3) is 0.280. The Hall–Kier alpha value is -3.95. The van der Waals surface area contributed by atoms with Crippen molar-refractivity contribution in [1.82, 2.24) is 15.5 Å². The van der Waals surface area contributed by atoms with Crippen LogP contribution in [0.3, 0.4) is 0 Å². The lowest BCUT2D eigenvalue weighted by Crippen LogP contribution is -2.24. The van der Waals surface area contributed by atoms with Crippen LogP contribution in [0.2, 0.25) is 0 Å². The number of nitrogens with zero attached hydrogens (tertiary/aromatic N) is 3. The molecule has 2 N–H and O–H groups in total. The number of alkyl halides is 3. The largest absolute Gasteiger partial charge is 0.487 e. The molecule has 184 valence electrons. The zero-order chi connectivity index (χ0) is 25.4. The number of hydrogen-bond acceptors (Lipinski definition) is 4. The lowest BCUT2D eigenvalue weighted by atomic mass is 10.1. The number of amidine groups is 1. The molecule has 7 nitrogen and oxygen atoms in total. The van der Waals surface area contributed by atoms with E-state index in [1.807, 2.05) is 13.0 Å². The molecule has 0 fully saturated rings. The number of nitrogens with one attached hydrogen (secondary N) is 2. The van der Waals surface area contributed by atoms with E-state index in [4.69, 9.17) is 4.74 Å². The van der Waals surface area contributed by atoms with Crippen LogP contribution in [0, 0.1) is 0 Å². The minimum Gasteiger partial charge on any atom is -0.487 e. The Bertz CT molecular complexity index is 1210. The first-order valence-corrected chi connectivity index (χ1v) is 11.0. The molecule has 0 bridgehead atoms. The zero-order valence-corrected chi connectivity index (χ0v) is 19.6. The highest BCUT2D eigenvalue weighted by Gasteiger charge is 2.30. The number of carbonyl (C=O) groups is 1. The van der Waals surface area contributed by atoms with Crippen molar-refractivity contribution in [3.05, 3.63) is 82.7 Å². The molecule has 0 aliphatic carbocycles. The number of ether oxygens (including phenoxy) is 1. The van der Waals surface area contributed by atoms with Crippen LogP contribution in [0.25, 0.3) is 0 Å². The van der Waals surface area contributed by atoms with E-state index >= 15 is 0 Å². The molecule has 1 aromatic heterocycles. The Morgan fingerprint density at radius 3 is 2.51 bits per heavy atom. The summed E-state index contributed by atoms with van der Waals surface area (Å²) in [6.07, 6.45) is -1.97. The van der Waals surface area contributed by atoms with Gasteiger partial charge in [0.2, 0.25) is 0 Å². The van der Waals surface area contributed by atoms with Crippen LogP contribution in [0.4, 0.5) is 13.2 Å². The summed E-state index contributed by atoms with van der Waals surface area (Å²) in [4.78, 5) is 21.2. The standard InChI is InChI=1S/C25H26F3N5O2/c1-4-12-30-24(34)18-7-5-6-17(13-18)23(29-3)32-16(2)21-14-31-33-22(21)15-35-20-10-8-19(9-11-20)25(26,27)28/h5-11,13-14H,4,12,15H2,1-3H3,(H,30,34)(H,31,33)/b29-23-,32-16+. The molecule has 0 atom stereocenters. The maximum Gasteiger partial charge on any atom is 0.416 e. The van der Waals surface area contributed by atoms with Crippen LogP contribution in [-0.4, -0.2) is 41.2 Å². The third-order valence-corrected chi connectivity index (χ3v) is 5.08. The van der Waals surface area contributed by atoms with Gasteiger partial charge in [0, 0.05) is 30.3 Å². The summed E-state index contributed by atoms with van der Waals surface area (Å²) in [6, 6.07) is 11.5. The quantitative estimate of drug-likeness (QED) is 0.346. The van der Waals surface area contributed by atoms with Crippen molar-refractivity contribution in [3.8, 4) is 5.75 Å². The molecule has 0 aliphatic rings. The van der Waals surface area contributed by atoms with Crippen LogP contribution >= 0.6 is 0 Å². The number of carbonyl (C=O) groups excluding carboxylic acids is 1. The second-order valence-corrected chi connectivity index (χ2v) is 7.65. The van der Waals surface area contributed by atoms with E-state index in [0.29, 0.717) is 46.2 Å². The van der Waals surface area contributed by atoms with E-state index in [0.717, 1.165) is 18.6 Å². The monoisotopic (exact) mass is 485 g/mol. The summed E-state index contributed by atoms with van der Waals surface area (Å²) in [5.74, 6) is 0.563. The fourth-order valence-corrected chi connectivity index (χ4v) is 3.23. The van der Waals surface area contributed by atoms with Gasteiger partial charge >= 0.3 is 6.18 Å². The minimum absolute atomic E-state index is 0.0548. The summed E-state index contributed by atoms with van der Waals surface area (Å²) >= 11 is 0. The molecule has 0 aliphatic heterocycles. The van der Waals surface area contributed by atoms with Gasteiger partial charge in [-0.05, 0) is 49.7 Å². The smallest absolute Gasteiger partial charge is 0.416 e. The average Bonchev–Trinajstić information content (AvgIpc) is 3.33. The minimum atomic E-state index is -4.40. The van der Waals surface area contributed by atoms with Crippen molar-refractivity contribution in [2.75, 3.05) is 13.6 Å². The van der Waals surface area contributed by atoms with E-state index in [1.165, 1.54) is 12.1 Å².